The lowest BCUT2D eigenvalue weighted by molar-refractivity contribution is 0.0487. The molecule has 0 aromatic carbocycles. The Labute approximate surface area is 87.7 Å². The third kappa shape index (κ3) is 2.47. The zero-order valence-corrected chi connectivity index (χ0v) is 10.0. The van der Waals surface area contributed by atoms with Crippen LogP contribution in [0.15, 0.2) is 0 Å². The maximum atomic E-state index is 13.9. The largest absolute Gasteiger partial charge is 0.294 e. The van der Waals surface area contributed by atoms with E-state index < -0.39 is 5.67 Å². The minimum atomic E-state index is -1.04. The summed E-state index contributed by atoms with van der Waals surface area (Å²) in [6.07, 6.45) is 4.47. The molecule has 2 heteroatoms. The molecule has 1 fully saturated rings. The molecule has 0 aromatic rings. The highest BCUT2D eigenvalue weighted by Gasteiger charge is 2.39. The van der Waals surface area contributed by atoms with Gasteiger partial charge in [-0.2, -0.15) is 0 Å². The molecule has 1 heterocycles. The van der Waals surface area contributed by atoms with Crippen molar-refractivity contribution in [1.29, 1.82) is 0 Å². The highest BCUT2D eigenvalue weighted by molar-refractivity contribution is 4.93. The van der Waals surface area contributed by atoms with Crippen LogP contribution in [-0.4, -0.2) is 29.2 Å². The van der Waals surface area contributed by atoms with Crippen LogP contribution >= 0.6 is 0 Å². The van der Waals surface area contributed by atoms with Crippen LogP contribution in [0.25, 0.3) is 0 Å². The topological polar surface area (TPSA) is 3.24 Å². The molecular weight excluding hydrogens is 177 g/mol. The van der Waals surface area contributed by atoms with Gasteiger partial charge in [-0.1, -0.05) is 13.8 Å². The molecule has 1 saturated heterocycles. The van der Waals surface area contributed by atoms with Crippen LogP contribution in [0.1, 0.15) is 53.4 Å². The van der Waals surface area contributed by atoms with E-state index >= 15 is 0 Å². The minimum Gasteiger partial charge on any atom is -0.294 e. The summed E-state index contributed by atoms with van der Waals surface area (Å²) in [5.74, 6) is 0. The average Bonchev–Trinajstić information content (AvgIpc) is 2.54. The lowest BCUT2D eigenvalue weighted by Gasteiger charge is -2.37. The molecule has 0 unspecified atom stereocenters. The van der Waals surface area contributed by atoms with Gasteiger partial charge in [-0.15, -0.1) is 0 Å². The third-order valence-corrected chi connectivity index (χ3v) is 3.50. The number of halogens is 1. The van der Waals surface area contributed by atoms with E-state index in [0.717, 1.165) is 32.2 Å². The van der Waals surface area contributed by atoms with Gasteiger partial charge >= 0.3 is 0 Å². The Balaban J connectivity index is 2.67. The van der Waals surface area contributed by atoms with Crippen LogP contribution in [0.4, 0.5) is 4.39 Å². The molecule has 0 saturated carbocycles. The number of likely N-dealkylation sites (tertiary alicyclic amines) is 1. The standard InChI is InChI=1S/C12H24FN/c1-5-10(6-2)14-9-7-8-11(14)12(3,4)13/h10-11H,5-9H2,1-4H3/t11-/m0/s1. The highest BCUT2D eigenvalue weighted by Crippen LogP contribution is 2.32. The fourth-order valence-corrected chi connectivity index (χ4v) is 2.72. The van der Waals surface area contributed by atoms with E-state index in [1.807, 2.05) is 0 Å². The Morgan fingerprint density at radius 2 is 1.93 bits per heavy atom. The fraction of sp³-hybridized carbons (Fsp3) is 1.00. The summed E-state index contributed by atoms with van der Waals surface area (Å²) >= 11 is 0. The maximum absolute atomic E-state index is 13.9. The summed E-state index contributed by atoms with van der Waals surface area (Å²) in [4.78, 5) is 2.39. The van der Waals surface area contributed by atoms with Crippen molar-refractivity contribution in [3.05, 3.63) is 0 Å². The predicted molar refractivity (Wildman–Crippen MR) is 59.3 cm³/mol. The molecule has 0 radical (unpaired) electrons. The van der Waals surface area contributed by atoms with Crippen LogP contribution in [-0.2, 0) is 0 Å². The molecule has 1 aliphatic rings. The smallest absolute Gasteiger partial charge is 0.120 e. The molecule has 84 valence electrons. The number of hydrogen-bond donors (Lipinski definition) is 0. The maximum Gasteiger partial charge on any atom is 0.120 e. The first-order chi connectivity index (χ1) is 6.50. The Morgan fingerprint density at radius 1 is 1.36 bits per heavy atom. The average molecular weight is 201 g/mol. The van der Waals surface area contributed by atoms with Crippen molar-refractivity contribution in [3.8, 4) is 0 Å². The molecule has 1 aliphatic heterocycles. The van der Waals surface area contributed by atoms with E-state index in [-0.39, 0.29) is 6.04 Å². The second kappa shape index (κ2) is 4.61. The molecular formula is C12H24FN. The summed E-state index contributed by atoms with van der Waals surface area (Å²) in [6.45, 7) is 8.94. The lowest BCUT2D eigenvalue weighted by Crippen LogP contribution is -2.47. The van der Waals surface area contributed by atoms with Crippen LogP contribution < -0.4 is 0 Å². The first kappa shape index (κ1) is 12.0. The monoisotopic (exact) mass is 201 g/mol. The van der Waals surface area contributed by atoms with Crippen LogP contribution in [0.2, 0.25) is 0 Å². The zero-order chi connectivity index (χ0) is 10.8. The number of alkyl halides is 1. The first-order valence-corrected chi connectivity index (χ1v) is 5.95. The Morgan fingerprint density at radius 3 is 2.36 bits per heavy atom. The second-order valence-corrected chi connectivity index (χ2v) is 4.93. The van der Waals surface area contributed by atoms with Gasteiger partial charge in [-0.05, 0) is 46.1 Å². The van der Waals surface area contributed by atoms with E-state index in [2.05, 4.69) is 18.7 Å². The normalized spacial score (nSPS) is 24.9. The van der Waals surface area contributed by atoms with Gasteiger partial charge < -0.3 is 0 Å². The van der Waals surface area contributed by atoms with E-state index in [4.69, 9.17) is 0 Å². The van der Waals surface area contributed by atoms with Crippen molar-refractivity contribution < 1.29 is 4.39 Å². The fourth-order valence-electron chi connectivity index (χ4n) is 2.72. The Kier molecular flexibility index (Phi) is 3.94. The van der Waals surface area contributed by atoms with Gasteiger partial charge in [0, 0.05) is 12.1 Å². The molecule has 0 aliphatic carbocycles. The van der Waals surface area contributed by atoms with Gasteiger partial charge in [0.15, 0.2) is 0 Å². The number of nitrogens with zero attached hydrogens (tertiary/aromatic N) is 1. The molecule has 1 rings (SSSR count). The van der Waals surface area contributed by atoms with Gasteiger partial charge in [0.05, 0.1) is 0 Å². The molecule has 0 N–H and O–H groups in total. The third-order valence-electron chi connectivity index (χ3n) is 3.50. The highest BCUT2D eigenvalue weighted by atomic mass is 19.1. The van der Waals surface area contributed by atoms with Gasteiger partial charge in [0.1, 0.15) is 5.67 Å². The van der Waals surface area contributed by atoms with Gasteiger partial charge in [-0.3, -0.25) is 4.90 Å². The number of rotatable bonds is 4. The van der Waals surface area contributed by atoms with Crippen LogP contribution in [0.3, 0.4) is 0 Å². The Hall–Kier alpha value is -0.110. The molecule has 1 nitrogen and oxygen atoms in total. The van der Waals surface area contributed by atoms with Gasteiger partial charge in [0.25, 0.3) is 0 Å². The molecule has 0 spiro atoms. The molecule has 0 aromatic heterocycles. The van der Waals surface area contributed by atoms with Crippen molar-refractivity contribution >= 4 is 0 Å². The SMILES string of the molecule is CCC(CC)N1CCC[C@H]1C(C)(C)F. The van der Waals surface area contributed by atoms with Crippen LogP contribution in [0.5, 0.6) is 0 Å². The zero-order valence-electron chi connectivity index (χ0n) is 10.0. The van der Waals surface area contributed by atoms with Crippen molar-refractivity contribution in [2.24, 2.45) is 0 Å². The van der Waals surface area contributed by atoms with Gasteiger partial charge in [0.2, 0.25) is 0 Å². The Bertz CT molecular complexity index is 170. The van der Waals surface area contributed by atoms with E-state index in [0.29, 0.717) is 6.04 Å². The van der Waals surface area contributed by atoms with Crippen molar-refractivity contribution in [2.75, 3.05) is 6.54 Å². The summed E-state index contributed by atoms with van der Waals surface area (Å²) in [7, 11) is 0. The molecule has 0 bridgehead atoms. The summed E-state index contributed by atoms with van der Waals surface area (Å²) < 4.78 is 13.9. The number of hydrogen-bond acceptors (Lipinski definition) is 1. The predicted octanol–water partition coefficient (Wildman–Crippen LogP) is 3.39. The van der Waals surface area contributed by atoms with Crippen molar-refractivity contribution in [2.45, 2.75) is 71.1 Å². The van der Waals surface area contributed by atoms with Crippen LogP contribution in [0, 0.1) is 0 Å². The minimum absolute atomic E-state index is 0.146. The van der Waals surface area contributed by atoms with E-state index in [1.165, 1.54) is 0 Å². The van der Waals surface area contributed by atoms with Crippen molar-refractivity contribution in [1.82, 2.24) is 4.90 Å². The van der Waals surface area contributed by atoms with Gasteiger partial charge in [-0.25, -0.2) is 4.39 Å². The lowest BCUT2D eigenvalue weighted by atomic mass is 9.96. The summed E-state index contributed by atoms with van der Waals surface area (Å²) in [5.41, 5.74) is -1.04. The van der Waals surface area contributed by atoms with E-state index in [9.17, 15) is 4.39 Å². The molecule has 0 amide bonds. The quantitative estimate of drug-likeness (QED) is 0.674. The summed E-state index contributed by atoms with van der Waals surface area (Å²) in [6, 6.07) is 0.727. The molecule has 1 atom stereocenters. The summed E-state index contributed by atoms with van der Waals surface area (Å²) in [5, 5.41) is 0. The van der Waals surface area contributed by atoms with Crippen molar-refractivity contribution in [3.63, 3.8) is 0 Å². The first-order valence-electron chi connectivity index (χ1n) is 5.95. The second-order valence-electron chi connectivity index (χ2n) is 4.93. The van der Waals surface area contributed by atoms with E-state index in [1.54, 1.807) is 13.8 Å². The molecule has 14 heavy (non-hydrogen) atoms.